The van der Waals surface area contributed by atoms with Gasteiger partial charge in [0, 0.05) is 0 Å². The number of hydrogen-bond donors (Lipinski definition) is 1. The third kappa shape index (κ3) is 5.42. The SMILES string of the molecule is NN=Cc1ccc(OC(F)(F)C(F)OC(F)(F)F)c(Br)c1. The summed E-state index contributed by atoms with van der Waals surface area (Å²) in [6.45, 7) is 0. The fourth-order valence-corrected chi connectivity index (χ4v) is 1.62. The second-order valence-corrected chi connectivity index (χ2v) is 4.37. The molecule has 0 amide bonds. The van der Waals surface area contributed by atoms with Gasteiger partial charge >= 0.3 is 18.8 Å². The van der Waals surface area contributed by atoms with Crippen LogP contribution in [-0.4, -0.2) is 25.0 Å². The summed E-state index contributed by atoms with van der Waals surface area (Å²) in [7, 11) is 0. The van der Waals surface area contributed by atoms with E-state index in [0.717, 1.165) is 6.07 Å². The summed E-state index contributed by atoms with van der Waals surface area (Å²) in [6, 6.07) is 3.43. The minimum Gasteiger partial charge on any atom is -0.427 e. The molecule has 1 aromatic rings. The lowest BCUT2D eigenvalue weighted by Crippen LogP contribution is -2.41. The first-order chi connectivity index (χ1) is 9.55. The Morgan fingerprint density at radius 2 is 1.86 bits per heavy atom. The number of alkyl halides is 6. The van der Waals surface area contributed by atoms with E-state index in [4.69, 9.17) is 5.84 Å². The van der Waals surface area contributed by atoms with Crippen LogP contribution in [0, 0.1) is 0 Å². The molecule has 1 unspecified atom stereocenters. The number of hydrazone groups is 1. The van der Waals surface area contributed by atoms with Crippen LogP contribution in [0.5, 0.6) is 5.75 Å². The van der Waals surface area contributed by atoms with Crippen molar-refractivity contribution in [2.45, 2.75) is 18.8 Å². The van der Waals surface area contributed by atoms with Gasteiger partial charge in [-0.3, -0.25) is 0 Å². The zero-order valence-corrected chi connectivity index (χ0v) is 11.5. The molecule has 2 N–H and O–H groups in total. The summed E-state index contributed by atoms with van der Waals surface area (Å²) in [5.41, 5.74) is 0.392. The molecule has 0 saturated heterocycles. The zero-order chi connectivity index (χ0) is 16.3. The van der Waals surface area contributed by atoms with Crippen LogP contribution in [0.3, 0.4) is 0 Å². The standard InChI is InChI=1S/C10H7BrF6N2O2/c11-6-3-5(4-19-18)1-2-7(6)20-9(13,14)8(12)21-10(15,16)17/h1-4,8H,18H2. The van der Waals surface area contributed by atoms with E-state index in [0.29, 0.717) is 5.56 Å². The molecule has 0 heterocycles. The molecule has 4 nitrogen and oxygen atoms in total. The van der Waals surface area contributed by atoms with Gasteiger partial charge < -0.3 is 10.6 Å². The minimum atomic E-state index is -5.56. The molecule has 21 heavy (non-hydrogen) atoms. The highest BCUT2D eigenvalue weighted by atomic mass is 79.9. The molecular weight excluding hydrogens is 374 g/mol. The molecular formula is C10H7BrF6N2O2. The molecule has 1 rings (SSSR count). The molecule has 0 spiro atoms. The van der Waals surface area contributed by atoms with Gasteiger partial charge in [0.15, 0.2) is 0 Å². The average molecular weight is 381 g/mol. The molecule has 1 aromatic carbocycles. The van der Waals surface area contributed by atoms with Crippen LogP contribution in [0.2, 0.25) is 0 Å². The molecule has 0 aliphatic heterocycles. The molecule has 0 aliphatic carbocycles. The quantitative estimate of drug-likeness (QED) is 0.368. The number of benzene rings is 1. The lowest BCUT2D eigenvalue weighted by Gasteiger charge is -2.22. The first-order valence-corrected chi connectivity index (χ1v) is 5.82. The first-order valence-electron chi connectivity index (χ1n) is 5.03. The van der Waals surface area contributed by atoms with E-state index in [1.807, 2.05) is 0 Å². The van der Waals surface area contributed by atoms with E-state index in [-0.39, 0.29) is 4.47 Å². The Hall–Kier alpha value is -1.49. The van der Waals surface area contributed by atoms with Crippen molar-refractivity contribution < 1.29 is 35.8 Å². The largest absolute Gasteiger partial charge is 0.525 e. The highest BCUT2D eigenvalue weighted by Gasteiger charge is 2.50. The molecule has 0 fully saturated rings. The Labute approximate surface area is 122 Å². The van der Waals surface area contributed by atoms with Crippen LogP contribution < -0.4 is 10.6 Å². The second-order valence-electron chi connectivity index (χ2n) is 3.51. The van der Waals surface area contributed by atoms with Gasteiger partial charge in [-0.2, -0.15) is 13.9 Å². The van der Waals surface area contributed by atoms with Gasteiger partial charge in [-0.15, -0.1) is 13.2 Å². The predicted octanol–water partition coefficient (Wildman–Crippen LogP) is 3.55. The van der Waals surface area contributed by atoms with E-state index in [9.17, 15) is 26.3 Å². The lowest BCUT2D eigenvalue weighted by atomic mass is 10.2. The van der Waals surface area contributed by atoms with E-state index in [1.165, 1.54) is 18.3 Å². The van der Waals surface area contributed by atoms with Gasteiger partial charge in [0.25, 0.3) is 0 Å². The van der Waals surface area contributed by atoms with Crippen molar-refractivity contribution in [3.63, 3.8) is 0 Å². The molecule has 0 bridgehead atoms. The Morgan fingerprint density at radius 1 is 1.24 bits per heavy atom. The highest BCUT2D eigenvalue weighted by Crippen LogP contribution is 2.35. The number of halogens is 7. The van der Waals surface area contributed by atoms with Crippen LogP contribution in [0.25, 0.3) is 0 Å². The number of nitrogens with zero attached hydrogens (tertiary/aromatic N) is 1. The van der Waals surface area contributed by atoms with Crippen LogP contribution >= 0.6 is 15.9 Å². The van der Waals surface area contributed by atoms with Crippen molar-refractivity contribution in [2.75, 3.05) is 0 Å². The average Bonchev–Trinajstić information content (AvgIpc) is 2.31. The summed E-state index contributed by atoms with van der Waals surface area (Å²) < 4.78 is 80.7. The van der Waals surface area contributed by atoms with Gasteiger partial charge in [0.1, 0.15) is 5.75 Å². The fourth-order valence-electron chi connectivity index (χ4n) is 1.15. The molecule has 11 heteroatoms. The minimum absolute atomic E-state index is 0.0706. The third-order valence-electron chi connectivity index (χ3n) is 1.93. The summed E-state index contributed by atoms with van der Waals surface area (Å²) in [6.07, 6.45) is -13.3. The van der Waals surface area contributed by atoms with Crippen molar-refractivity contribution >= 4 is 22.1 Å². The number of nitrogens with two attached hydrogens (primary N) is 1. The topological polar surface area (TPSA) is 56.8 Å². The van der Waals surface area contributed by atoms with E-state index in [1.54, 1.807) is 0 Å². The van der Waals surface area contributed by atoms with E-state index < -0.39 is 24.6 Å². The Balaban J connectivity index is 2.88. The van der Waals surface area contributed by atoms with Crippen molar-refractivity contribution in [1.29, 1.82) is 0 Å². The Morgan fingerprint density at radius 3 is 2.33 bits per heavy atom. The monoisotopic (exact) mass is 380 g/mol. The first kappa shape index (κ1) is 17.6. The maximum atomic E-state index is 13.2. The van der Waals surface area contributed by atoms with Gasteiger partial charge in [-0.05, 0) is 39.7 Å². The number of ether oxygens (including phenoxy) is 2. The van der Waals surface area contributed by atoms with Crippen LogP contribution in [0.15, 0.2) is 27.8 Å². The molecule has 0 saturated carbocycles. The maximum Gasteiger partial charge on any atom is 0.525 e. The summed E-state index contributed by atoms with van der Waals surface area (Å²) in [5.74, 6) is 4.28. The molecule has 0 aliphatic rings. The fraction of sp³-hybridized carbons (Fsp3) is 0.300. The normalized spacial score (nSPS) is 14.4. The van der Waals surface area contributed by atoms with E-state index in [2.05, 4.69) is 30.5 Å². The molecule has 118 valence electrons. The zero-order valence-electron chi connectivity index (χ0n) is 9.87. The molecule has 0 radical (unpaired) electrons. The van der Waals surface area contributed by atoms with Gasteiger partial charge in [0.2, 0.25) is 0 Å². The van der Waals surface area contributed by atoms with Crippen molar-refractivity contribution in [1.82, 2.24) is 0 Å². The number of hydrogen-bond acceptors (Lipinski definition) is 4. The van der Waals surface area contributed by atoms with Gasteiger partial charge in [0.05, 0.1) is 10.7 Å². The van der Waals surface area contributed by atoms with Gasteiger partial charge in [-0.1, -0.05) is 0 Å². The van der Waals surface area contributed by atoms with Crippen LogP contribution in [0.4, 0.5) is 26.3 Å². The number of rotatable bonds is 5. The van der Waals surface area contributed by atoms with Gasteiger partial charge in [-0.25, -0.2) is 9.13 Å². The smallest absolute Gasteiger partial charge is 0.427 e. The van der Waals surface area contributed by atoms with Crippen molar-refractivity contribution in [2.24, 2.45) is 10.9 Å². The second kappa shape index (κ2) is 6.52. The Kier molecular flexibility index (Phi) is 5.45. The van der Waals surface area contributed by atoms with Crippen molar-refractivity contribution in [3.05, 3.63) is 28.2 Å². The summed E-state index contributed by atoms with van der Waals surface area (Å²) in [4.78, 5) is 0. The van der Waals surface area contributed by atoms with E-state index >= 15 is 0 Å². The molecule has 1 atom stereocenters. The highest BCUT2D eigenvalue weighted by molar-refractivity contribution is 9.10. The Bertz CT molecular complexity index is 523. The summed E-state index contributed by atoms with van der Waals surface area (Å²) in [5, 5.41) is 3.18. The van der Waals surface area contributed by atoms with Crippen molar-refractivity contribution in [3.8, 4) is 5.75 Å². The molecule has 0 aromatic heterocycles. The third-order valence-corrected chi connectivity index (χ3v) is 2.55. The van der Waals surface area contributed by atoms with Crippen LogP contribution in [0.1, 0.15) is 5.56 Å². The summed E-state index contributed by atoms with van der Waals surface area (Å²) >= 11 is 2.83. The lowest BCUT2D eigenvalue weighted by molar-refractivity contribution is -0.411. The van der Waals surface area contributed by atoms with Crippen LogP contribution in [-0.2, 0) is 4.74 Å². The predicted molar refractivity (Wildman–Crippen MR) is 63.5 cm³/mol. The maximum absolute atomic E-state index is 13.2.